The van der Waals surface area contributed by atoms with E-state index >= 15 is 0 Å². The summed E-state index contributed by atoms with van der Waals surface area (Å²) in [5, 5.41) is 0. The Bertz CT molecular complexity index is 784. The van der Waals surface area contributed by atoms with Gasteiger partial charge in [-0.05, 0) is 29.8 Å². The Morgan fingerprint density at radius 3 is 2.28 bits per heavy atom. The van der Waals surface area contributed by atoms with Crippen LogP contribution in [0.3, 0.4) is 0 Å². The van der Waals surface area contributed by atoms with Crippen LogP contribution in [-0.4, -0.2) is 45.7 Å². The van der Waals surface area contributed by atoms with E-state index in [1.165, 1.54) is 11.8 Å². The molecule has 2 aromatic rings. The molecule has 1 heterocycles. The molecule has 0 bridgehead atoms. The number of hydrogen-bond acceptors (Lipinski definition) is 3. The smallest absolute Gasteiger partial charge is 0.246 e. The van der Waals surface area contributed by atoms with Gasteiger partial charge in [0.25, 0.3) is 0 Å². The Hall–Kier alpha value is -2.44. The highest BCUT2D eigenvalue weighted by Crippen LogP contribution is 2.17. The van der Waals surface area contributed by atoms with Gasteiger partial charge in [-0.25, -0.2) is 4.21 Å². The lowest BCUT2D eigenvalue weighted by Gasteiger charge is -2.35. The third-order valence-electron chi connectivity index (χ3n) is 4.23. The molecule has 1 atom stereocenters. The van der Waals surface area contributed by atoms with Crippen molar-refractivity contribution in [2.75, 3.05) is 31.1 Å². The monoisotopic (exact) mass is 356 g/mol. The van der Waals surface area contributed by atoms with E-state index in [0.29, 0.717) is 23.5 Å². The number of rotatable bonds is 4. The van der Waals surface area contributed by atoms with Crippen LogP contribution in [0.15, 0.2) is 65.6 Å². The summed E-state index contributed by atoms with van der Waals surface area (Å²) in [4.78, 5) is 16.7. The number of nitrogens with zero attached hydrogens (tertiary/aromatic N) is 2. The molecule has 1 amide bonds. The Morgan fingerprint density at radius 2 is 1.60 bits per heavy atom. The predicted molar refractivity (Wildman–Crippen MR) is 99.7 cm³/mol. The van der Waals surface area contributed by atoms with Gasteiger partial charge in [-0.2, -0.15) is 0 Å². The molecule has 0 spiro atoms. The summed E-state index contributed by atoms with van der Waals surface area (Å²) in [6.07, 6.45) is 3.08. The van der Waals surface area contributed by atoms with E-state index in [1.54, 1.807) is 35.2 Å². The summed E-state index contributed by atoms with van der Waals surface area (Å²) >= 11 is -2.07. The lowest BCUT2D eigenvalue weighted by atomic mass is 10.2. The fraction of sp³-hybridized carbons (Fsp3) is 0.211. The number of carbonyl (C=O) groups excluding carboxylic acids is 1. The van der Waals surface area contributed by atoms with Gasteiger partial charge in [-0.1, -0.05) is 36.4 Å². The minimum atomic E-state index is -2.07. The van der Waals surface area contributed by atoms with E-state index < -0.39 is 11.1 Å². The van der Waals surface area contributed by atoms with Gasteiger partial charge in [-0.15, -0.1) is 0 Å². The summed E-state index contributed by atoms with van der Waals surface area (Å²) in [5.74, 6) is -0.0776. The third-order valence-corrected chi connectivity index (χ3v) is 4.97. The fourth-order valence-corrected chi connectivity index (χ4v) is 3.40. The van der Waals surface area contributed by atoms with E-state index in [2.05, 4.69) is 17.0 Å². The first kappa shape index (κ1) is 17.4. The first-order chi connectivity index (χ1) is 12.1. The second kappa shape index (κ2) is 8.09. The molecule has 0 aromatic heterocycles. The zero-order valence-electron chi connectivity index (χ0n) is 13.7. The average Bonchev–Trinajstić information content (AvgIpc) is 2.67. The molecule has 130 valence electrons. The number of anilines is 1. The zero-order chi connectivity index (χ0) is 17.6. The van der Waals surface area contributed by atoms with Crippen LogP contribution in [0.1, 0.15) is 5.56 Å². The van der Waals surface area contributed by atoms with Crippen molar-refractivity contribution in [2.24, 2.45) is 0 Å². The van der Waals surface area contributed by atoms with Crippen LogP contribution in [0.2, 0.25) is 0 Å². The highest BCUT2D eigenvalue weighted by Gasteiger charge is 2.19. The van der Waals surface area contributed by atoms with Gasteiger partial charge in [-0.3, -0.25) is 4.79 Å². The Labute approximate surface area is 149 Å². The van der Waals surface area contributed by atoms with Gasteiger partial charge in [0.05, 0.1) is 4.90 Å². The molecule has 1 unspecified atom stereocenters. The maximum atomic E-state index is 12.4. The standard InChI is InChI=1S/C19H20N2O3S/c22-19(11-10-16-6-4-5-9-18(16)25(23)24)21-14-12-20(13-15-21)17-7-2-1-3-8-17/h1-11H,12-15H2,(H,23,24)/b11-10+. The van der Waals surface area contributed by atoms with Crippen LogP contribution < -0.4 is 4.90 Å². The molecule has 1 N–H and O–H groups in total. The minimum absolute atomic E-state index is 0.0776. The molecule has 1 fully saturated rings. The van der Waals surface area contributed by atoms with Crippen molar-refractivity contribution < 1.29 is 13.6 Å². The van der Waals surface area contributed by atoms with Gasteiger partial charge in [0.2, 0.25) is 5.91 Å². The molecule has 1 saturated heterocycles. The van der Waals surface area contributed by atoms with Crippen molar-refractivity contribution in [1.29, 1.82) is 0 Å². The molecule has 5 nitrogen and oxygen atoms in total. The second-order valence-electron chi connectivity index (χ2n) is 5.77. The number of amides is 1. The van der Waals surface area contributed by atoms with Gasteiger partial charge >= 0.3 is 0 Å². The van der Waals surface area contributed by atoms with Crippen molar-refractivity contribution in [3.63, 3.8) is 0 Å². The highest BCUT2D eigenvalue weighted by atomic mass is 32.2. The van der Waals surface area contributed by atoms with E-state index in [9.17, 15) is 13.6 Å². The quantitative estimate of drug-likeness (QED) is 0.676. The van der Waals surface area contributed by atoms with Crippen molar-refractivity contribution in [2.45, 2.75) is 4.90 Å². The topological polar surface area (TPSA) is 60.9 Å². The number of hydrogen-bond donors (Lipinski definition) is 1. The molecule has 2 aromatic carbocycles. The predicted octanol–water partition coefficient (Wildman–Crippen LogP) is 2.63. The number of para-hydroxylation sites is 1. The molecular formula is C19H20N2O3S. The maximum Gasteiger partial charge on any atom is 0.246 e. The molecule has 6 heteroatoms. The van der Waals surface area contributed by atoms with Gasteiger partial charge in [0.1, 0.15) is 0 Å². The van der Waals surface area contributed by atoms with Crippen LogP contribution in [0.25, 0.3) is 6.08 Å². The largest absolute Gasteiger partial charge is 0.368 e. The van der Waals surface area contributed by atoms with Crippen LogP contribution >= 0.6 is 0 Å². The van der Waals surface area contributed by atoms with Crippen molar-refractivity contribution >= 4 is 28.8 Å². The zero-order valence-corrected chi connectivity index (χ0v) is 14.6. The summed E-state index contributed by atoms with van der Waals surface area (Å²) in [6, 6.07) is 16.9. The van der Waals surface area contributed by atoms with E-state index in [4.69, 9.17) is 0 Å². The number of benzene rings is 2. The normalized spacial score (nSPS) is 16.2. The first-order valence-corrected chi connectivity index (χ1v) is 9.23. The fourth-order valence-electron chi connectivity index (χ4n) is 2.87. The Balaban J connectivity index is 1.61. The number of piperazine rings is 1. The van der Waals surface area contributed by atoms with Gasteiger partial charge < -0.3 is 14.4 Å². The Morgan fingerprint density at radius 1 is 0.960 bits per heavy atom. The first-order valence-electron chi connectivity index (χ1n) is 8.12. The van der Waals surface area contributed by atoms with Crippen LogP contribution in [-0.2, 0) is 15.9 Å². The third kappa shape index (κ3) is 4.35. The lowest BCUT2D eigenvalue weighted by molar-refractivity contribution is -0.126. The molecule has 3 rings (SSSR count). The van der Waals surface area contributed by atoms with Crippen LogP contribution in [0.4, 0.5) is 5.69 Å². The SMILES string of the molecule is O=C(/C=C/c1ccccc1S(=O)O)N1CCN(c2ccccc2)CC1. The van der Waals surface area contributed by atoms with Crippen LogP contribution in [0, 0.1) is 0 Å². The molecule has 25 heavy (non-hydrogen) atoms. The summed E-state index contributed by atoms with van der Waals surface area (Å²) < 4.78 is 20.6. The molecule has 0 radical (unpaired) electrons. The van der Waals surface area contributed by atoms with Crippen LogP contribution in [0.5, 0.6) is 0 Å². The highest BCUT2D eigenvalue weighted by molar-refractivity contribution is 7.79. The van der Waals surface area contributed by atoms with E-state index in [-0.39, 0.29) is 5.91 Å². The molecule has 1 aliphatic heterocycles. The molecule has 0 aliphatic carbocycles. The molecular weight excluding hydrogens is 336 g/mol. The van der Waals surface area contributed by atoms with Crippen molar-refractivity contribution in [3.8, 4) is 0 Å². The second-order valence-corrected chi connectivity index (χ2v) is 6.71. The molecule has 1 aliphatic rings. The van der Waals surface area contributed by atoms with E-state index in [1.807, 2.05) is 18.2 Å². The molecule has 0 saturated carbocycles. The summed E-state index contributed by atoms with van der Waals surface area (Å²) in [6.45, 7) is 2.90. The summed E-state index contributed by atoms with van der Waals surface area (Å²) in [5.41, 5.74) is 1.75. The number of carbonyl (C=O) groups is 1. The summed E-state index contributed by atoms with van der Waals surface area (Å²) in [7, 11) is 0. The van der Waals surface area contributed by atoms with Crippen molar-refractivity contribution in [3.05, 3.63) is 66.2 Å². The van der Waals surface area contributed by atoms with E-state index in [0.717, 1.165) is 13.1 Å². The minimum Gasteiger partial charge on any atom is -0.368 e. The average molecular weight is 356 g/mol. The Kier molecular flexibility index (Phi) is 5.63. The van der Waals surface area contributed by atoms with Gasteiger partial charge in [0, 0.05) is 37.9 Å². The maximum absolute atomic E-state index is 12.4. The lowest BCUT2D eigenvalue weighted by Crippen LogP contribution is -2.48. The van der Waals surface area contributed by atoms with Crippen molar-refractivity contribution in [1.82, 2.24) is 4.90 Å². The van der Waals surface area contributed by atoms with Gasteiger partial charge in [0.15, 0.2) is 11.1 Å².